The van der Waals surface area contributed by atoms with Gasteiger partial charge in [-0.1, -0.05) is 12.1 Å². The number of piperidine rings is 1. The summed E-state index contributed by atoms with van der Waals surface area (Å²) in [4.78, 5) is 28.3. The SMILES string of the molecule is O=C(c1cc(F)ccc1F)C1CCCN(Cc2ccc(N3CCNC3=O)cc2)C1. The molecule has 0 radical (unpaired) electrons. The predicted molar refractivity (Wildman–Crippen MR) is 106 cm³/mol. The molecule has 2 saturated heterocycles. The van der Waals surface area contributed by atoms with Crippen molar-refractivity contribution < 1.29 is 18.4 Å². The van der Waals surface area contributed by atoms with Crippen LogP contribution in [0.2, 0.25) is 0 Å². The number of urea groups is 1. The van der Waals surface area contributed by atoms with E-state index in [0.29, 0.717) is 32.6 Å². The average molecular weight is 399 g/mol. The summed E-state index contributed by atoms with van der Waals surface area (Å²) in [5.74, 6) is -1.95. The summed E-state index contributed by atoms with van der Waals surface area (Å²) in [5.41, 5.74) is 1.78. The molecule has 5 nitrogen and oxygen atoms in total. The van der Waals surface area contributed by atoms with E-state index in [1.807, 2.05) is 24.3 Å². The topological polar surface area (TPSA) is 52.7 Å². The molecule has 0 aliphatic carbocycles. The summed E-state index contributed by atoms with van der Waals surface area (Å²) < 4.78 is 27.4. The number of likely N-dealkylation sites (tertiary alicyclic amines) is 1. The Bertz CT molecular complexity index is 917. The number of amides is 2. The van der Waals surface area contributed by atoms with E-state index in [-0.39, 0.29) is 23.3 Å². The number of rotatable bonds is 5. The van der Waals surface area contributed by atoms with Gasteiger partial charge in [0.2, 0.25) is 0 Å². The molecule has 2 aromatic rings. The average Bonchev–Trinajstić information content (AvgIpc) is 3.16. The second kappa shape index (κ2) is 8.29. The van der Waals surface area contributed by atoms with Crippen LogP contribution in [0.4, 0.5) is 19.3 Å². The molecular weight excluding hydrogens is 376 g/mol. The zero-order chi connectivity index (χ0) is 20.4. The lowest BCUT2D eigenvalue weighted by Crippen LogP contribution is -2.38. The van der Waals surface area contributed by atoms with Crippen molar-refractivity contribution in [2.45, 2.75) is 19.4 Å². The normalized spacial score (nSPS) is 20.0. The maximum absolute atomic E-state index is 14.0. The molecule has 2 aromatic carbocycles. The first-order chi connectivity index (χ1) is 14.0. The highest BCUT2D eigenvalue weighted by atomic mass is 19.1. The minimum Gasteiger partial charge on any atom is -0.336 e. The van der Waals surface area contributed by atoms with Crippen LogP contribution in [-0.2, 0) is 6.54 Å². The number of nitrogens with zero attached hydrogens (tertiary/aromatic N) is 2. The van der Waals surface area contributed by atoms with Crippen LogP contribution in [0, 0.1) is 17.6 Å². The van der Waals surface area contributed by atoms with Gasteiger partial charge in [0, 0.05) is 37.8 Å². The number of benzene rings is 2. The lowest BCUT2D eigenvalue weighted by molar-refractivity contribution is 0.0807. The van der Waals surface area contributed by atoms with Crippen LogP contribution in [0.15, 0.2) is 42.5 Å². The molecule has 29 heavy (non-hydrogen) atoms. The van der Waals surface area contributed by atoms with E-state index in [1.165, 1.54) is 0 Å². The number of hydrogen-bond donors (Lipinski definition) is 1. The molecule has 2 aliphatic heterocycles. The fourth-order valence-corrected chi connectivity index (χ4v) is 4.08. The van der Waals surface area contributed by atoms with E-state index in [0.717, 1.165) is 42.4 Å². The summed E-state index contributed by atoms with van der Waals surface area (Å²) in [6.45, 7) is 3.35. The van der Waals surface area contributed by atoms with Gasteiger partial charge >= 0.3 is 6.03 Å². The third-order valence-electron chi connectivity index (χ3n) is 5.58. The second-order valence-corrected chi connectivity index (χ2v) is 7.61. The van der Waals surface area contributed by atoms with Gasteiger partial charge in [-0.25, -0.2) is 13.6 Å². The molecule has 2 fully saturated rings. The Morgan fingerprint density at radius 3 is 2.62 bits per heavy atom. The van der Waals surface area contributed by atoms with Gasteiger partial charge in [-0.15, -0.1) is 0 Å². The van der Waals surface area contributed by atoms with Crippen molar-refractivity contribution in [3.05, 3.63) is 65.2 Å². The number of nitrogens with one attached hydrogen (secondary N) is 1. The summed E-state index contributed by atoms with van der Waals surface area (Å²) in [5, 5.41) is 2.78. The number of anilines is 1. The van der Waals surface area contributed by atoms with Crippen molar-refractivity contribution in [1.82, 2.24) is 10.2 Å². The van der Waals surface area contributed by atoms with Gasteiger partial charge in [0.15, 0.2) is 5.78 Å². The Labute approximate surface area is 168 Å². The first kappa shape index (κ1) is 19.5. The number of carbonyl (C=O) groups excluding carboxylic acids is 2. The van der Waals surface area contributed by atoms with E-state index in [4.69, 9.17) is 0 Å². The Morgan fingerprint density at radius 1 is 1.10 bits per heavy atom. The molecule has 2 aliphatic rings. The fourth-order valence-electron chi connectivity index (χ4n) is 4.08. The quantitative estimate of drug-likeness (QED) is 0.782. The molecule has 0 spiro atoms. The Hall–Kier alpha value is -2.80. The van der Waals surface area contributed by atoms with Gasteiger partial charge in [0.05, 0.1) is 5.56 Å². The van der Waals surface area contributed by atoms with Gasteiger partial charge in [-0.3, -0.25) is 14.6 Å². The molecule has 2 heterocycles. The number of carbonyl (C=O) groups is 2. The molecule has 2 amide bonds. The molecule has 1 N–H and O–H groups in total. The van der Waals surface area contributed by atoms with Crippen LogP contribution in [0.3, 0.4) is 0 Å². The molecule has 1 atom stereocenters. The highest BCUT2D eigenvalue weighted by Gasteiger charge is 2.28. The van der Waals surface area contributed by atoms with Gasteiger partial charge in [-0.05, 0) is 55.3 Å². The van der Waals surface area contributed by atoms with Crippen molar-refractivity contribution >= 4 is 17.5 Å². The van der Waals surface area contributed by atoms with Crippen molar-refractivity contribution in [2.75, 3.05) is 31.1 Å². The van der Waals surface area contributed by atoms with Crippen molar-refractivity contribution in [3.8, 4) is 0 Å². The van der Waals surface area contributed by atoms with E-state index in [2.05, 4.69) is 10.2 Å². The molecule has 4 rings (SSSR count). The van der Waals surface area contributed by atoms with Crippen molar-refractivity contribution in [1.29, 1.82) is 0 Å². The lowest BCUT2D eigenvalue weighted by Gasteiger charge is -2.32. The Morgan fingerprint density at radius 2 is 1.90 bits per heavy atom. The molecule has 152 valence electrons. The van der Waals surface area contributed by atoms with Crippen molar-refractivity contribution in [2.24, 2.45) is 5.92 Å². The summed E-state index contributed by atoms with van der Waals surface area (Å²) in [7, 11) is 0. The standard InChI is InChI=1S/C22H23F2N3O2/c23-17-5-8-20(24)19(12-17)21(28)16-2-1-10-26(14-16)13-15-3-6-18(7-4-15)27-11-9-25-22(27)29/h3-8,12,16H,1-2,9-11,13-14H2,(H,25,29). The van der Waals surface area contributed by atoms with Gasteiger partial charge in [-0.2, -0.15) is 0 Å². The second-order valence-electron chi connectivity index (χ2n) is 7.61. The maximum Gasteiger partial charge on any atom is 0.321 e. The maximum atomic E-state index is 14.0. The summed E-state index contributed by atoms with van der Waals surface area (Å²) in [6, 6.07) is 10.8. The Kier molecular flexibility index (Phi) is 5.58. The van der Waals surface area contributed by atoms with Crippen LogP contribution in [-0.4, -0.2) is 42.9 Å². The molecule has 0 saturated carbocycles. The minimum atomic E-state index is -0.671. The van der Waals surface area contributed by atoms with Gasteiger partial charge in [0.1, 0.15) is 11.6 Å². The van der Waals surface area contributed by atoms with Crippen LogP contribution < -0.4 is 10.2 Å². The highest BCUT2D eigenvalue weighted by Crippen LogP contribution is 2.25. The van der Waals surface area contributed by atoms with Crippen LogP contribution in [0.25, 0.3) is 0 Å². The molecule has 0 bridgehead atoms. The fraction of sp³-hybridized carbons (Fsp3) is 0.364. The number of hydrogen-bond acceptors (Lipinski definition) is 3. The van der Waals surface area contributed by atoms with Crippen molar-refractivity contribution in [3.63, 3.8) is 0 Å². The van der Waals surface area contributed by atoms with E-state index < -0.39 is 11.6 Å². The highest BCUT2D eigenvalue weighted by molar-refractivity contribution is 5.98. The summed E-state index contributed by atoms with van der Waals surface area (Å²) in [6.07, 6.45) is 1.51. The number of Topliss-reactive ketones (excluding diaryl/α,β-unsaturated/α-hetero) is 1. The van der Waals surface area contributed by atoms with E-state index in [1.54, 1.807) is 4.90 Å². The zero-order valence-electron chi connectivity index (χ0n) is 16.0. The minimum absolute atomic E-state index is 0.0836. The van der Waals surface area contributed by atoms with Crippen LogP contribution in [0.5, 0.6) is 0 Å². The third kappa shape index (κ3) is 4.29. The monoisotopic (exact) mass is 399 g/mol. The van der Waals surface area contributed by atoms with Gasteiger partial charge < -0.3 is 5.32 Å². The summed E-state index contributed by atoms with van der Waals surface area (Å²) >= 11 is 0. The van der Waals surface area contributed by atoms with Crippen LogP contribution in [0.1, 0.15) is 28.8 Å². The molecule has 0 aromatic heterocycles. The lowest BCUT2D eigenvalue weighted by atomic mass is 9.89. The molecule has 7 heteroatoms. The largest absolute Gasteiger partial charge is 0.336 e. The van der Waals surface area contributed by atoms with Gasteiger partial charge in [0.25, 0.3) is 0 Å². The zero-order valence-corrected chi connectivity index (χ0v) is 16.0. The van der Waals surface area contributed by atoms with E-state index >= 15 is 0 Å². The number of halogens is 2. The molecular formula is C22H23F2N3O2. The first-order valence-corrected chi connectivity index (χ1v) is 9.87. The smallest absolute Gasteiger partial charge is 0.321 e. The predicted octanol–water partition coefficient (Wildman–Crippen LogP) is 3.59. The first-order valence-electron chi connectivity index (χ1n) is 9.87. The number of ketones is 1. The third-order valence-corrected chi connectivity index (χ3v) is 5.58. The molecule has 1 unspecified atom stereocenters. The van der Waals surface area contributed by atoms with Crippen LogP contribution >= 0.6 is 0 Å². The van der Waals surface area contributed by atoms with E-state index in [9.17, 15) is 18.4 Å². The Balaban J connectivity index is 1.40.